The van der Waals surface area contributed by atoms with Gasteiger partial charge in [-0.3, -0.25) is 4.90 Å². The fraction of sp³-hybridized carbons (Fsp3) is 0.529. The molecular formula is C17H23FN2. The van der Waals surface area contributed by atoms with Crippen LogP contribution in [0.3, 0.4) is 0 Å². The van der Waals surface area contributed by atoms with Crippen molar-refractivity contribution in [2.75, 3.05) is 19.6 Å². The van der Waals surface area contributed by atoms with E-state index in [0.717, 1.165) is 31.1 Å². The molecule has 0 saturated carbocycles. The van der Waals surface area contributed by atoms with E-state index in [4.69, 9.17) is 5.73 Å². The monoisotopic (exact) mass is 274 g/mol. The van der Waals surface area contributed by atoms with Gasteiger partial charge in [-0.1, -0.05) is 31.3 Å². The lowest BCUT2D eigenvalue weighted by Gasteiger charge is -2.32. The van der Waals surface area contributed by atoms with E-state index in [1.54, 1.807) is 0 Å². The molecule has 108 valence electrons. The summed E-state index contributed by atoms with van der Waals surface area (Å²) in [5, 5.41) is 0. The Morgan fingerprint density at radius 2 is 2.30 bits per heavy atom. The smallest absolute Gasteiger partial charge is 0.138 e. The van der Waals surface area contributed by atoms with Crippen molar-refractivity contribution in [1.82, 2.24) is 4.90 Å². The number of piperidine rings is 1. The Kier molecular flexibility index (Phi) is 5.58. The maximum atomic E-state index is 13.6. The second kappa shape index (κ2) is 7.42. The van der Waals surface area contributed by atoms with Gasteiger partial charge < -0.3 is 5.73 Å². The molecule has 1 aliphatic rings. The Bertz CT molecular complexity index is 501. The number of benzene rings is 1. The van der Waals surface area contributed by atoms with Gasteiger partial charge in [-0.15, -0.1) is 0 Å². The van der Waals surface area contributed by atoms with E-state index in [1.807, 2.05) is 12.1 Å². The van der Waals surface area contributed by atoms with Crippen LogP contribution in [-0.2, 0) is 6.54 Å². The summed E-state index contributed by atoms with van der Waals surface area (Å²) < 4.78 is 13.6. The standard InChI is InChI=1S/C17H23FN2/c1-2-14-5-4-10-20(12-14)13-15-7-8-17(18)16(11-15)6-3-9-19/h7-8,11,14H,2,4-5,9-10,12-13,19H2,1H3. The molecule has 0 spiro atoms. The number of nitrogens with two attached hydrogens (primary N) is 1. The molecule has 1 heterocycles. The van der Waals surface area contributed by atoms with E-state index < -0.39 is 0 Å². The first-order valence-corrected chi connectivity index (χ1v) is 7.42. The van der Waals surface area contributed by atoms with E-state index in [1.165, 1.54) is 25.3 Å². The summed E-state index contributed by atoms with van der Waals surface area (Å²) in [5.74, 6) is 6.06. The Balaban J connectivity index is 2.05. The summed E-state index contributed by atoms with van der Waals surface area (Å²) in [5.41, 5.74) is 6.92. The van der Waals surface area contributed by atoms with Gasteiger partial charge in [0.15, 0.2) is 0 Å². The third-order valence-electron chi connectivity index (χ3n) is 3.94. The first-order valence-electron chi connectivity index (χ1n) is 7.42. The molecule has 2 N–H and O–H groups in total. The zero-order valence-electron chi connectivity index (χ0n) is 12.2. The summed E-state index contributed by atoms with van der Waals surface area (Å²) >= 11 is 0. The van der Waals surface area contributed by atoms with Gasteiger partial charge in [0.2, 0.25) is 0 Å². The summed E-state index contributed by atoms with van der Waals surface area (Å²) in [6, 6.07) is 5.23. The molecule has 1 aliphatic heterocycles. The molecule has 0 bridgehead atoms. The SMILES string of the molecule is CCC1CCCN(Cc2ccc(F)c(C#CCN)c2)C1. The highest BCUT2D eigenvalue weighted by Crippen LogP contribution is 2.21. The Hall–Kier alpha value is -1.37. The largest absolute Gasteiger partial charge is 0.320 e. The van der Waals surface area contributed by atoms with Gasteiger partial charge in [0, 0.05) is 13.1 Å². The van der Waals surface area contributed by atoms with Crippen molar-refractivity contribution >= 4 is 0 Å². The van der Waals surface area contributed by atoms with Gasteiger partial charge in [-0.2, -0.15) is 0 Å². The van der Waals surface area contributed by atoms with Crippen molar-refractivity contribution in [1.29, 1.82) is 0 Å². The highest BCUT2D eigenvalue weighted by molar-refractivity contribution is 5.38. The van der Waals surface area contributed by atoms with Gasteiger partial charge in [0.05, 0.1) is 12.1 Å². The Morgan fingerprint density at radius 3 is 3.05 bits per heavy atom. The number of halogens is 1. The van der Waals surface area contributed by atoms with Crippen molar-refractivity contribution in [2.45, 2.75) is 32.7 Å². The molecule has 0 aromatic heterocycles. The molecule has 20 heavy (non-hydrogen) atoms. The Labute approximate surface area is 121 Å². The molecule has 1 aromatic rings. The predicted octanol–water partition coefficient (Wildman–Crippen LogP) is 2.76. The molecule has 2 rings (SSSR count). The van der Waals surface area contributed by atoms with E-state index in [-0.39, 0.29) is 12.4 Å². The minimum Gasteiger partial charge on any atom is -0.320 e. The molecule has 1 unspecified atom stereocenters. The van der Waals surface area contributed by atoms with Crippen LogP contribution >= 0.6 is 0 Å². The summed E-state index contributed by atoms with van der Waals surface area (Å²) in [6.45, 7) is 5.68. The van der Waals surface area contributed by atoms with Crippen LogP contribution in [0.25, 0.3) is 0 Å². The second-order valence-electron chi connectivity index (χ2n) is 5.47. The molecule has 2 nitrogen and oxygen atoms in total. The highest BCUT2D eigenvalue weighted by atomic mass is 19.1. The van der Waals surface area contributed by atoms with Crippen molar-refractivity contribution < 1.29 is 4.39 Å². The van der Waals surface area contributed by atoms with Crippen molar-refractivity contribution in [3.8, 4) is 11.8 Å². The van der Waals surface area contributed by atoms with Crippen LogP contribution in [0.1, 0.15) is 37.3 Å². The van der Waals surface area contributed by atoms with Gasteiger partial charge in [0.25, 0.3) is 0 Å². The number of hydrogen-bond donors (Lipinski definition) is 1. The molecule has 0 radical (unpaired) electrons. The lowest BCUT2D eigenvalue weighted by Crippen LogP contribution is -2.34. The maximum Gasteiger partial charge on any atom is 0.138 e. The van der Waals surface area contributed by atoms with Gasteiger partial charge in [-0.25, -0.2) is 4.39 Å². The summed E-state index contributed by atoms with van der Waals surface area (Å²) in [6.07, 6.45) is 3.84. The van der Waals surface area contributed by atoms with Gasteiger partial charge in [0.1, 0.15) is 5.82 Å². The van der Waals surface area contributed by atoms with Crippen molar-refractivity contribution in [2.24, 2.45) is 11.7 Å². The van der Waals surface area contributed by atoms with Crippen LogP contribution in [-0.4, -0.2) is 24.5 Å². The topological polar surface area (TPSA) is 29.3 Å². The number of rotatable bonds is 3. The fourth-order valence-corrected chi connectivity index (χ4v) is 2.80. The van der Waals surface area contributed by atoms with E-state index >= 15 is 0 Å². The zero-order chi connectivity index (χ0) is 14.4. The van der Waals surface area contributed by atoms with E-state index in [2.05, 4.69) is 23.7 Å². The van der Waals surface area contributed by atoms with Crippen LogP contribution in [0.5, 0.6) is 0 Å². The molecule has 1 aromatic carbocycles. The Morgan fingerprint density at radius 1 is 1.45 bits per heavy atom. The van der Waals surface area contributed by atoms with Crippen molar-refractivity contribution in [3.63, 3.8) is 0 Å². The lowest BCUT2D eigenvalue weighted by atomic mass is 9.95. The molecule has 3 heteroatoms. The molecule has 1 fully saturated rings. The van der Waals surface area contributed by atoms with Crippen LogP contribution in [0.4, 0.5) is 4.39 Å². The third kappa shape index (κ3) is 4.06. The molecule has 1 saturated heterocycles. The molecule has 1 atom stereocenters. The summed E-state index contributed by atoms with van der Waals surface area (Å²) in [7, 11) is 0. The van der Waals surface area contributed by atoms with Gasteiger partial charge >= 0.3 is 0 Å². The predicted molar refractivity (Wildman–Crippen MR) is 80.6 cm³/mol. The molecular weight excluding hydrogens is 251 g/mol. The maximum absolute atomic E-state index is 13.6. The van der Waals surface area contributed by atoms with E-state index in [0.29, 0.717) is 5.56 Å². The number of hydrogen-bond acceptors (Lipinski definition) is 2. The van der Waals surface area contributed by atoms with Crippen LogP contribution in [0.2, 0.25) is 0 Å². The third-order valence-corrected chi connectivity index (χ3v) is 3.94. The average molecular weight is 274 g/mol. The van der Waals surface area contributed by atoms with Crippen LogP contribution in [0.15, 0.2) is 18.2 Å². The number of likely N-dealkylation sites (tertiary alicyclic amines) is 1. The quantitative estimate of drug-likeness (QED) is 0.859. The van der Waals surface area contributed by atoms with Crippen molar-refractivity contribution in [3.05, 3.63) is 35.1 Å². The molecule has 0 aliphatic carbocycles. The van der Waals surface area contributed by atoms with Gasteiger partial charge in [-0.05, 0) is 43.0 Å². The lowest BCUT2D eigenvalue weighted by molar-refractivity contribution is 0.164. The fourth-order valence-electron chi connectivity index (χ4n) is 2.80. The normalized spacial score (nSPS) is 19.4. The second-order valence-corrected chi connectivity index (χ2v) is 5.47. The van der Waals surface area contributed by atoms with Crippen LogP contribution < -0.4 is 5.73 Å². The minimum absolute atomic E-state index is 0.258. The average Bonchev–Trinajstić information content (AvgIpc) is 2.48. The van der Waals surface area contributed by atoms with E-state index in [9.17, 15) is 4.39 Å². The molecule has 0 amide bonds. The van der Waals surface area contributed by atoms with Crippen LogP contribution in [0, 0.1) is 23.6 Å². The highest BCUT2D eigenvalue weighted by Gasteiger charge is 2.18. The minimum atomic E-state index is -0.264. The zero-order valence-corrected chi connectivity index (χ0v) is 12.2. The first kappa shape index (κ1) is 15.0. The first-order chi connectivity index (χ1) is 9.72. The number of nitrogens with zero attached hydrogens (tertiary/aromatic N) is 1. The summed E-state index contributed by atoms with van der Waals surface area (Å²) in [4.78, 5) is 2.46.